The summed E-state index contributed by atoms with van der Waals surface area (Å²) in [5.74, 6) is -5.58. The number of halogens is 10. The topological polar surface area (TPSA) is 18.5 Å². The summed E-state index contributed by atoms with van der Waals surface area (Å²) in [7, 11) is 0. The second kappa shape index (κ2) is 3.49. The Morgan fingerprint density at radius 3 is 1.06 bits per heavy atom. The smallest absolute Gasteiger partial charge is 0.279 e. The standard InChI is InChI=1S/C5Cl2F8O2/c6-2(8)3(7,9)17-1(16-2,4(10,11)12)5(13,14)15/t2-,3+. The summed E-state index contributed by atoms with van der Waals surface area (Å²) >= 11 is 8.67. The lowest BCUT2D eigenvalue weighted by molar-refractivity contribution is -0.453. The predicted molar refractivity (Wildman–Crippen MR) is 36.4 cm³/mol. The van der Waals surface area contributed by atoms with Gasteiger partial charge in [0.1, 0.15) is 0 Å². The van der Waals surface area contributed by atoms with Crippen LogP contribution in [0.1, 0.15) is 0 Å². The molecule has 0 aliphatic carbocycles. The molecule has 17 heavy (non-hydrogen) atoms. The zero-order chi connectivity index (χ0) is 13.9. The van der Waals surface area contributed by atoms with Crippen molar-refractivity contribution in [1.82, 2.24) is 0 Å². The van der Waals surface area contributed by atoms with Crippen molar-refractivity contribution in [2.45, 2.75) is 28.8 Å². The first-order valence-electron chi connectivity index (χ1n) is 3.46. The van der Waals surface area contributed by atoms with Crippen LogP contribution in [0, 0.1) is 0 Å². The Morgan fingerprint density at radius 1 is 0.706 bits per heavy atom. The summed E-state index contributed by atoms with van der Waals surface area (Å²) in [5, 5.41) is -9.31. The van der Waals surface area contributed by atoms with Gasteiger partial charge in [-0.05, 0) is 23.2 Å². The van der Waals surface area contributed by atoms with Gasteiger partial charge in [0.15, 0.2) is 0 Å². The summed E-state index contributed by atoms with van der Waals surface area (Å²) in [4.78, 5) is 0. The third kappa shape index (κ3) is 2.04. The van der Waals surface area contributed by atoms with Gasteiger partial charge < -0.3 is 0 Å². The molecular weight excluding hydrogens is 315 g/mol. The molecule has 0 unspecified atom stereocenters. The summed E-state index contributed by atoms with van der Waals surface area (Å²) in [5.41, 5.74) is 0. The van der Waals surface area contributed by atoms with E-state index in [1.807, 2.05) is 0 Å². The van der Waals surface area contributed by atoms with Gasteiger partial charge in [-0.25, -0.2) is 0 Å². The number of ether oxygens (including phenoxy) is 2. The van der Waals surface area contributed by atoms with E-state index in [0.29, 0.717) is 0 Å². The summed E-state index contributed by atoms with van der Waals surface area (Å²) in [6, 6.07) is 0. The fourth-order valence-corrected chi connectivity index (χ4v) is 1.19. The molecule has 2 atom stereocenters. The Kier molecular flexibility index (Phi) is 3.08. The first-order chi connectivity index (χ1) is 7.16. The van der Waals surface area contributed by atoms with Crippen molar-refractivity contribution in [1.29, 1.82) is 0 Å². The molecule has 0 aromatic carbocycles. The van der Waals surface area contributed by atoms with Crippen LogP contribution in [-0.2, 0) is 9.47 Å². The van der Waals surface area contributed by atoms with Gasteiger partial charge >= 0.3 is 28.8 Å². The number of hydrogen-bond donors (Lipinski definition) is 0. The zero-order valence-electron chi connectivity index (χ0n) is 7.10. The van der Waals surface area contributed by atoms with Gasteiger partial charge in [-0.15, -0.1) is 0 Å². The highest BCUT2D eigenvalue weighted by atomic mass is 35.5. The third-order valence-electron chi connectivity index (χ3n) is 1.63. The van der Waals surface area contributed by atoms with Gasteiger partial charge in [0.2, 0.25) is 0 Å². The second-order valence-corrected chi connectivity index (χ2v) is 3.82. The molecule has 0 amide bonds. The van der Waals surface area contributed by atoms with Crippen molar-refractivity contribution >= 4 is 23.2 Å². The molecule has 102 valence electrons. The lowest BCUT2D eigenvalue weighted by Gasteiger charge is -2.30. The van der Waals surface area contributed by atoms with E-state index in [1.54, 1.807) is 0 Å². The first-order valence-corrected chi connectivity index (χ1v) is 4.21. The molecule has 1 heterocycles. The van der Waals surface area contributed by atoms with E-state index in [1.165, 1.54) is 0 Å². The predicted octanol–water partition coefficient (Wildman–Crippen LogP) is 3.58. The van der Waals surface area contributed by atoms with Gasteiger partial charge in [-0.2, -0.15) is 35.1 Å². The Balaban J connectivity index is 3.34. The lowest BCUT2D eigenvalue weighted by atomic mass is 10.2. The first kappa shape index (κ1) is 15.0. The zero-order valence-corrected chi connectivity index (χ0v) is 8.61. The maximum absolute atomic E-state index is 12.9. The summed E-state index contributed by atoms with van der Waals surface area (Å²) in [6.45, 7) is 0. The molecule has 1 saturated heterocycles. The normalized spacial score (nSPS) is 38.5. The summed E-state index contributed by atoms with van der Waals surface area (Å²) < 4.78 is 104. The summed E-state index contributed by atoms with van der Waals surface area (Å²) in [6.07, 6.45) is -12.7. The molecule has 12 heteroatoms. The van der Waals surface area contributed by atoms with Crippen molar-refractivity contribution in [3.63, 3.8) is 0 Å². The van der Waals surface area contributed by atoms with E-state index in [-0.39, 0.29) is 0 Å². The molecule has 1 rings (SSSR count). The molecule has 1 aliphatic heterocycles. The highest BCUT2D eigenvalue weighted by Gasteiger charge is 2.86. The maximum atomic E-state index is 12.9. The molecule has 2 nitrogen and oxygen atoms in total. The van der Waals surface area contributed by atoms with E-state index in [9.17, 15) is 35.1 Å². The highest BCUT2D eigenvalue weighted by Crippen LogP contribution is 2.61. The molecule has 0 radical (unpaired) electrons. The molecule has 0 bridgehead atoms. The Bertz CT molecular complexity index is 289. The van der Waals surface area contributed by atoms with Gasteiger partial charge in [0.25, 0.3) is 0 Å². The molecular formula is C5Cl2F8O2. The van der Waals surface area contributed by atoms with Crippen molar-refractivity contribution in [3.8, 4) is 0 Å². The fourth-order valence-electron chi connectivity index (χ4n) is 0.893. The Hall–Kier alpha value is -0.0600. The fraction of sp³-hybridized carbons (Fsp3) is 1.00. The van der Waals surface area contributed by atoms with Gasteiger partial charge in [0, 0.05) is 0 Å². The highest BCUT2D eigenvalue weighted by molar-refractivity contribution is 6.32. The van der Waals surface area contributed by atoms with Crippen molar-refractivity contribution in [3.05, 3.63) is 0 Å². The quantitative estimate of drug-likeness (QED) is 0.502. The Morgan fingerprint density at radius 2 is 0.941 bits per heavy atom. The monoisotopic (exact) mass is 314 g/mol. The molecule has 0 N–H and O–H groups in total. The lowest BCUT2D eigenvalue weighted by Crippen LogP contribution is -2.58. The minimum absolute atomic E-state index is 2.80. The van der Waals surface area contributed by atoms with Gasteiger partial charge in [-0.1, -0.05) is 0 Å². The van der Waals surface area contributed by atoms with Crippen LogP contribution in [0.5, 0.6) is 0 Å². The second-order valence-electron chi connectivity index (χ2n) is 2.85. The number of alkyl halides is 10. The van der Waals surface area contributed by atoms with Crippen LogP contribution < -0.4 is 0 Å². The SMILES string of the molecule is FC(F)(F)C1(C(F)(F)F)O[C@](F)(Cl)[C@](F)(Cl)O1. The minimum atomic E-state index is -6.35. The van der Waals surface area contributed by atoms with Crippen LogP contribution in [0.4, 0.5) is 35.1 Å². The van der Waals surface area contributed by atoms with Crippen molar-refractivity contribution < 1.29 is 44.6 Å². The van der Waals surface area contributed by atoms with Crippen LogP contribution >= 0.6 is 23.2 Å². The minimum Gasteiger partial charge on any atom is -0.279 e. The van der Waals surface area contributed by atoms with E-state index in [0.717, 1.165) is 0 Å². The molecule has 0 aromatic rings. The average Bonchev–Trinajstić information content (AvgIpc) is 2.15. The largest absolute Gasteiger partial charge is 0.453 e. The molecule has 1 fully saturated rings. The molecule has 0 saturated carbocycles. The number of rotatable bonds is 0. The van der Waals surface area contributed by atoms with Crippen LogP contribution in [0.2, 0.25) is 0 Å². The van der Waals surface area contributed by atoms with E-state index >= 15 is 0 Å². The maximum Gasteiger partial charge on any atom is 0.453 e. The van der Waals surface area contributed by atoms with Gasteiger partial charge in [0.05, 0.1) is 0 Å². The van der Waals surface area contributed by atoms with Crippen LogP contribution in [0.25, 0.3) is 0 Å². The van der Waals surface area contributed by atoms with E-state index in [4.69, 9.17) is 0 Å². The van der Waals surface area contributed by atoms with Crippen molar-refractivity contribution in [2.75, 3.05) is 0 Å². The van der Waals surface area contributed by atoms with Crippen LogP contribution in [0.15, 0.2) is 0 Å². The third-order valence-corrected chi connectivity index (χ3v) is 2.37. The molecule has 0 spiro atoms. The van der Waals surface area contributed by atoms with Crippen LogP contribution in [0.3, 0.4) is 0 Å². The van der Waals surface area contributed by atoms with E-state index < -0.39 is 28.8 Å². The Labute approximate surface area is 97.4 Å². The van der Waals surface area contributed by atoms with Gasteiger partial charge in [-0.3, -0.25) is 9.47 Å². The molecule has 0 aromatic heterocycles. The van der Waals surface area contributed by atoms with E-state index in [2.05, 4.69) is 32.7 Å². The molecule has 1 aliphatic rings. The average molecular weight is 315 g/mol. The number of hydrogen-bond acceptors (Lipinski definition) is 2. The van der Waals surface area contributed by atoms with Crippen LogP contribution in [-0.4, -0.2) is 28.8 Å². The van der Waals surface area contributed by atoms with Crippen molar-refractivity contribution in [2.24, 2.45) is 0 Å².